The van der Waals surface area contributed by atoms with E-state index >= 15 is 0 Å². The molecule has 7 heteroatoms. The molecule has 7 nitrogen and oxygen atoms in total. The molecule has 3 amide bonds. The summed E-state index contributed by atoms with van der Waals surface area (Å²) in [5.74, 6) is -0.541. The minimum atomic E-state index is -0.883. The van der Waals surface area contributed by atoms with Crippen LogP contribution in [-0.4, -0.2) is 47.0 Å². The highest BCUT2D eigenvalue weighted by atomic mass is 16.6. The number of hydrogen-bond donors (Lipinski definition) is 2. The van der Waals surface area contributed by atoms with Gasteiger partial charge in [-0.15, -0.1) is 0 Å². The molecule has 0 saturated heterocycles. The first-order valence-electron chi connectivity index (χ1n) is 11.3. The van der Waals surface area contributed by atoms with Gasteiger partial charge < -0.3 is 20.3 Å². The lowest BCUT2D eigenvalue weighted by atomic mass is 9.98. The van der Waals surface area contributed by atoms with Gasteiger partial charge in [0, 0.05) is 12.6 Å². The first kappa shape index (κ1) is 28.2. The average molecular weight is 460 g/mol. The molecule has 0 heterocycles. The first-order valence-corrected chi connectivity index (χ1v) is 11.3. The third kappa shape index (κ3) is 9.68. The monoisotopic (exact) mass is 459 g/mol. The predicted molar refractivity (Wildman–Crippen MR) is 133 cm³/mol. The predicted octanol–water partition coefficient (Wildman–Crippen LogP) is 4.68. The van der Waals surface area contributed by atoms with Gasteiger partial charge in [0.15, 0.2) is 0 Å². The number of rotatable bonds is 8. The molecule has 0 aliphatic carbocycles. The van der Waals surface area contributed by atoms with Crippen molar-refractivity contribution in [1.29, 1.82) is 0 Å². The minimum absolute atomic E-state index is 0.133. The number of hydrogen-bond acceptors (Lipinski definition) is 4. The van der Waals surface area contributed by atoms with Gasteiger partial charge in [0.25, 0.3) is 0 Å². The maximum Gasteiger partial charge on any atom is 0.408 e. The van der Waals surface area contributed by atoms with Gasteiger partial charge in [-0.25, -0.2) is 4.79 Å². The van der Waals surface area contributed by atoms with Gasteiger partial charge in [0.1, 0.15) is 17.7 Å². The lowest BCUT2D eigenvalue weighted by Crippen LogP contribution is -2.53. The Hall–Kier alpha value is -2.83. The zero-order valence-electron chi connectivity index (χ0n) is 21.6. The first-order chi connectivity index (χ1) is 15.0. The summed E-state index contributed by atoms with van der Waals surface area (Å²) < 4.78 is 5.36. The lowest BCUT2D eigenvalue weighted by molar-refractivity contribution is -0.141. The van der Waals surface area contributed by atoms with Crippen LogP contribution >= 0.6 is 0 Å². The number of nitrogens with one attached hydrogen (secondary N) is 2. The van der Waals surface area contributed by atoms with Crippen LogP contribution in [0.15, 0.2) is 30.8 Å². The Labute approximate surface area is 198 Å². The molecule has 2 N–H and O–H groups in total. The number of carbonyl (C=O) groups is 3. The third-order valence-corrected chi connectivity index (χ3v) is 4.64. The Morgan fingerprint density at radius 2 is 1.73 bits per heavy atom. The van der Waals surface area contributed by atoms with Crippen molar-refractivity contribution in [3.8, 4) is 0 Å². The maximum atomic E-state index is 13.6. The van der Waals surface area contributed by atoms with Crippen LogP contribution in [0, 0.1) is 5.92 Å². The number of ether oxygens (including phenoxy) is 1. The van der Waals surface area contributed by atoms with E-state index in [1.807, 2.05) is 58.9 Å². The van der Waals surface area contributed by atoms with Crippen molar-refractivity contribution >= 4 is 24.0 Å². The molecule has 0 fully saturated rings. The molecule has 0 saturated carbocycles. The Balaban J connectivity index is 3.33. The summed E-state index contributed by atoms with van der Waals surface area (Å²) in [5.41, 5.74) is 0.321. The van der Waals surface area contributed by atoms with E-state index in [4.69, 9.17) is 4.74 Å². The average Bonchev–Trinajstić information content (AvgIpc) is 2.63. The molecule has 0 aliphatic heterocycles. The largest absolute Gasteiger partial charge is 0.444 e. The van der Waals surface area contributed by atoms with Crippen LogP contribution in [0.4, 0.5) is 4.79 Å². The Morgan fingerprint density at radius 3 is 2.21 bits per heavy atom. The molecule has 184 valence electrons. The second kappa shape index (κ2) is 11.3. The van der Waals surface area contributed by atoms with Gasteiger partial charge in [-0.2, -0.15) is 0 Å². The van der Waals surface area contributed by atoms with E-state index in [-0.39, 0.29) is 17.7 Å². The smallest absolute Gasteiger partial charge is 0.408 e. The van der Waals surface area contributed by atoms with E-state index in [1.54, 1.807) is 33.9 Å². The molecule has 0 bridgehead atoms. The molecule has 1 aromatic rings. The highest BCUT2D eigenvalue weighted by Crippen LogP contribution is 2.24. The van der Waals surface area contributed by atoms with Crippen molar-refractivity contribution in [3.63, 3.8) is 0 Å². The molecule has 0 spiro atoms. The molecular weight excluding hydrogens is 418 g/mol. The summed E-state index contributed by atoms with van der Waals surface area (Å²) >= 11 is 0. The van der Waals surface area contributed by atoms with Crippen molar-refractivity contribution in [3.05, 3.63) is 42.0 Å². The van der Waals surface area contributed by atoms with Gasteiger partial charge in [-0.1, -0.05) is 44.7 Å². The molecule has 2 unspecified atom stereocenters. The maximum absolute atomic E-state index is 13.6. The summed E-state index contributed by atoms with van der Waals surface area (Å²) in [7, 11) is 1.58. The molecule has 33 heavy (non-hydrogen) atoms. The quantitative estimate of drug-likeness (QED) is 0.591. The molecule has 0 aliphatic rings. The van der Waals surface area contributed by atoms with Gasteiger partial charge in [-0.3, -0.25) is 9.59 Å². The van der Waals surface area contributed by atoms with E-state index in [0.717, 1.165) is 5.56 Å². The topological polar surface area (TPSA) is 87.7 Å². The minimum Gasteiger partial charge on any atom is -0.444 e. The molecule has 1 rings (SSSR count). The van der Waals surface area contributed by atoms with Crippen LogP contribution < -0.4 is 10.6 Å². The zero-order chi connectivity index (χ0) is 25.6. The molecule has 2 atom stereocenters. The summed E-state index contributed by atoms with van der Waals surface area (Å²) in [4.78, 5) is 40.7. The van der Waals surface area contributed by atoms with Gasteiger partial charge in [0.2, 0.25) is 11.8 Å². The number of likely N-dealkylation sites (N-methyl/N-ethyl adjacent to an activating group) is 1. The fourth-order valence-electron chi connectivity index (χ4n) is 3.36. The fraction of sp³-hybridized carbons (Fsp3) is 0.577. The van der Waals surface area contributed by atoms with Gasteiger partial charge in [0.05, 0.1) is 0 Å². The number of benzene rings is 1. The summed E-state index contributed by atoms with van der Waals surface area (Å²) in [5, 5.41) is 5.67. The highest BCUT2D eigenvalue weighted by Gasteiger charge is 2.35. The second-order valence-electron chi connectivity index (χ2n) is 10.8. The molecule has 0 radical (unpaired) electrons. The van der Waals surface area contributed by atoms with E-state index in [2.05, 4.69) is 17.2 Å². The molecule has 0 aromatic heterocycles. The summed E-state index contributed by atoms with van der Waals surface area (Å²) in [6.07, 6.45) is 1.43. The van der Waals surface area contributed by atoms with Crippen molar-refractivity contribution < 1.29 is 19.1 Å². The van der Waals surface area contributed by atoms with Crippen LogP contribution in [0.5, 0.6) is 0 Å². The Bertz CT molecular complexity index is 850. The van der Waals surface area contributed by atoms with Crippen LogP contribution in [0.25, 0.3) is 6.08 Å². The van der Waals surface area contributed by atoms with Crippen LogP contribution in [0.1, 0.15) is 79.0 Å². The summed E-state index contributed by atoms with van der Waals surface area (Å²) in [6.45, 7) is 18.7. The van der Waals surface area contributed by atoms with Crippen LogP contribution in [0.3, 0.4) is 0 Å². The fourth-order valence-corrected chi connectivity index (χ4v) is 3.36. The van der Waals surface area contributed by atoms with Crippen LogP contribution in [-0.2, 0) is 14.3 Å². The van der Waals surface area contributed by atoms with Crippen molar-refractivity contribution in [2.75, 3.05) is 7.05 Å². The van der Waals surface area contributed by atoms with E-state index < -0.39 is 29.3 Å². The van der Waals surface area contributed by atoms with E-state index in [0.29, 0.717) is 12.0 Å². The normalized spacial score (nSPS) is 13.6. The highest BCUT2D eigenvalue weighted by molar-refractivity contribution is 5.92. The Kier molecular flexibility index (Phi) is 9.70. The lowest BCUT2D eigenvalue weighted by Gasteiger charge is -2.34. The number of carbonyl (C=O) groups excluding carboxylic acids is 3. The third-order valence-electron chi connectivity index (χ3n) is 4.64. The van der Waals surface area contributed by atoms with Gasteiger partial charge in [-0.05, 0) is 71.1 Å². The molecule has 1 aromatic carbocycles. The van der Waals surface area contributed by atoms with E-state index in [1.165, 1.54) is 4.90 Å². The summed E-state index contributed by atoms with van der Waals surface area (Å²) in [6, 6.07) is 5.63. The Morgan fingerprint density at radius 1 is 1.12 bits per heavy atom. The van der Waals surface area contributed by atoms with Gasteiger partial charge >= 0.3 is 6.09 Å². The SMILES string of the molecule is C=Cc1cccc(C(C(=O)NC(C)(C)C)N(C)C(=O)C(CC(C)C)NC(=O)OC(C)(C)C)c1. The zero-order valence-corrected chi connectivity index (χ0v) is 21.6. The number of alkyl carbamates (subject to hydrolysis) is 1. The molecular formula is C26H41N3O4. The van der Waals surface area contributed by atoms with E-state index in [9.17, 15) is 14.4 Å². The van der Waals surface area contributed by atoms with Crippen molar-refractivity contribution in [1.82, 2.24) is 15.5 Å². The second-order valence-corrected chi connectivity index (χ2v) is 10.8. The van der Waals surface area contributed by atoms with Crippen molar-refractivity contribution in [2.45, 2.75) is 85.0 Å². The number of amides is 3. The van der Waals surface area contributed by atoms with Crippen LogP contribution in [0.2, 0.25) is 0 Å². The van der Waals surface area contributed by atoms with Crippen molar-refractivity contribution in [2.24, 2.45) is 5.92 Å². The number of nitrogens with zero attached hydrogens (tertiary/aromatic N) is 1. The standard InChI is InChI=1S/C26H41N3O4/c1-11-18-13-12-14-19(16-18)21(22(30)28-25(4,5)6)29(10)23(31)20(15-17(2)3)27-24(32)33-26(7,8)9/h11-14,16-17,20-21H,1,15H2,2-10H3,(H,27,32)(H,28,30).